The van der Waals surface area contributed by atoms with Gasteiger partial charge in [0.05, 0.1) is 30.3 Å². The van der Waals surface area contributed by atoms with Crippen LogP contribution in [0, 0.1) is 0 Å². The van der Waals surface area contributed by atoms with E-state index in [1.54, 1.807) is 30.2 Å². The maximum absolute atomic E-state index is 13.3. The van der Waals surface area contributed by atoms with Crippen molar-refractivity contribution in [2.24, 2.45) is 0 Å². The monoisotopic (exact) mass is 602 g/mol. The van der Waals surface area contributed by atoms with Gasteiger partial charge in [-0.15, -0.1) is 0 Å². The number of nitrogens with zero attached hydrogens (tertiary/aromatic N) is 4. The first kappa shape index (κ1) is 29.2. The molecular formula is C32H38N6O4S. The van der Waals surface area contributed by atoms with Gasteiger partial charge >= 0.3 is 6.03 Å². The molecule has 2 N–H and O–H groups in total. The topological polar surface area (TPSA) is 111 Å². The molecule has 0 radical (unpaired) electrons. The van der Waals surface area contributed by atoms with Crippen LogP contribution in [0.1, 0.15) is 24.0 Å². The van der Waals surface area contributed by atoms with Crippen molar-refractivity contribution in [2.75, 3.05) is 61.8 Å². The molecule has 2 aliphatic heterocycles. The van der Waals surface area contributed by atoms with E-state index in [1.807, 2.05) is 24.3 Å². The summed E-state index contributed by atoms with van der Waals surface area (Å²) in [4.78, 5) is 27.2. The van der Waals surface area contributed by atoms with Crippen molar-refractivity contribution in [1.82, 2.24) is 14.9 Å². The van der Waals surface area contributed by atoms with Crippen molar-refractivity contribution < 1.29 is 17.9 Å². The lowest BCUT2D eigenvalue weighted by Crippen LogP contribution is -2.45. The van der Waals surface area contributed by atoms with E-state index in [1.165, 1.54) is 11.8 Å². The van der Waals surface area contributed by atoms with E-state index in [4.69, 9.17) is 4.74 Å². The lowest BCUT2D eigenvalue weighted by atomic mass is 10.0. The second kappa shape index (κ2) is 12.0. The molecule has 2 amide bonds. The zero-order chi connectivity index (χ0) is 30.1. The van der Waals surface area contributed by atoms with Gasteiger partial charge in [0.1, 0.15) is 15.5 Å². The minimum absolute atomic E-state index is 0.0966. The van der Waals surface area contributed by atoms with Gasteiger partial charge in [0.2, 0.25) is 0 Å². The normalized spacial score (nSPS) is 16.6. The Morgan fingerprint density at radius 3 is 2.47 bits per heavy atom. The number of likely N-dealkylation sites (tertiary alicyclic amines) is 1. The number of urea groups is 1. The Morgan fingerprint density at radius 1 is 1.07 bits per heavy atom. The largest absolute Gasteiger partial charge is 0.383 e. The number of carbonyl (C=O) groups excluding carboxylic acids is 1. The first-order valence-electron chi connectivity index (χ1n) is 14.6. The summed E-state index contributed by atoms with van der Waals surface area (Å²) in [6.45, 7) is 4.17. The first-order valence-corrected chi connectivity index (χ1v) is 16.6. The molecule has 0 saturated carbocycles. The zero-order valence-electron chi connectivity index (χ0n) is 24.8. The van der Waals surface area contributed by atoms with Gasteiger partial charge in [-0.1, -0.05) is 24.3 Å². The van der Waals surface area contributed by atoms with Gasteiger partial charge < -0.3 is 15.0 Å². The van der Waals surface area contributed by atoms with Crippen molar-refractivity contribution in [3.05, 3.63) is 71.9 Å². The molecule has 0 unspecified atom stereocenters. The number of rotatable bonds is 9. The van der Waals surface area contributed by atoms with Crippen molar-refractivity contribution >= 4 is 44.0 Å². The number of amides is 2. The summed E-state index contributed by atoms with van der Waals surface area (Å²) >= 11 is 0. The molecule has 0 atom stereocenters. The second-order valence-electron chi connectivity index (χ2n) is 11.5. The number of hydrogen-bond donors (Lipinski definition) is 2. The van der Waals surface area contributed by atoms with E-state index >= 15 is 0 Å². The minimum atomic E-state index is -2.97. The molecule has 0 spiro atoms. The summed E-state index contributed by atoms with van der Waals surface area (Å²) in [5.74, 6) is 0. The van der Waals surface area contributed by atoms with Crippen molar-refractivity contribution in [2.45, 2.75) is 31.2 Å². The van der Waals surface area contributed by atoms with Crippen molar-refractivity contribution in [3.8, 4) is 11.3 Å². The summed E-state index contributed by atoms with van der Waals surface area (Å²) in [6.07, 6.45) is 4.50. The quantitative estimate of drug-likeness (QED) is 0.263. The Morgan fingerprint density at radius 2 is 1.79 bits per heavy atom. The number of anilines is 3. The molecule has 0 bridgehead atoms. The highest BCUT2D eigenvalue weighted by Gasteiger charge is 2.31. The SMILES string of the molecule is COCCNc1ccc(N2Cc3c(cnc4[nH]c(-c5ccc(CN6CCC(S(C)(=O)=O)CC6)cc5)cc34)N(C)C2=O)cc1. The third-order valence-electron chi connectivity index (χ3n) is 8.57. The maximum atomic E-state index is 13.3. The average molecular weight is 603 g/mol. The van der Waals surface area contributed by atoms with Gasteiger partial charge in [0.15, 0.2) is 0 Å². The summed E-state index contributed by atoms with van der Waals surface area (Å²) in [7, 11) is 0.498. The van der Waals surface area contributed by atoms with Crippen molar-refractivity contribution in [1.29, 1.82) is 0 Å². The average Bonchev–Trinajstić information content (AvgIpc) is 3.45. The van der Waals surface area contributed by atoms with Crippen LogP contribution in [0.3, 0.4) is 0 Å². The fourth-order valence-corrected chi connectivity index (χ4v) is 7.11. The van der Waals surface area contributed by atoms with Crippen LogP contribution in [0.25, 0.3) is 22.3 Å². The predicted octanol–water partition coefficient (Wildman–Crippen LogP) is 4.87. The molecule has 6 rings (SSSR count). The van der Waals surface area contributed by atoms with Gasteiger partial charge in [-0.3, -0.25) is 14.7 Å². The number of ether oxygens (including phenoxy) is 1. The van der Waals surface area contributed by atoms with Gasteiger partial charge in [-0.05, 0) is 67.4 Å². The first-order chi connectivity index (χ1) is 20.7. The molecule has 4 heterocycles. The number of carbonyl (C=O) groups is 1. The lowest BCUT2D eigenvalue weighted by Gasteiger charge is -2.35. The molecule has 11 heteroatoms. The lowest BCUT2D eigenvalue weighted by molar-refractivity contribution is 0.211. The second-order valence-corrected chi connectivity index (χ2v) is 13.8. The number of piperidine rings is 1. The van der Waals surface area contributed by atoms with E-state index in [9.17, 15) is 13.2 Å². The molecule has 2 aromatic heterocycles. The molecule has 43 heavy (non-hydrogen) atoms. The smallest absolute Gasteiger partial charge is 0.329 e. The van der Waals surface area contributed by atoms with Crippen LogP contribution in [0.2, 0.25) is 0 Å². The summed E-state index contributed by atoms with van der Waals surface area (Å²) in [6, 6.07) is 18.4. The summed E-state index contributed by atoms with van der Waals surface area (Å²) < 4.78 is 28.9. The van der Waals surface area contributed by atoms with Gasteiger partial charge in [-0.2, -0.15) is 0 Å². The number of H-pyrrole nitrogens is 1. The number of hydrogen-bond acceptors (Lipinski definition) is 7. The van der Waals surface area contributed by atoms with E-state index < -0.39 is 9.84 Å². The predicted molar refractivity (Wildman–Crippen MR) is 171 cm³/mol. The van der Waals surface area contributed by atoms with Gasteiger partial charge in [-0.25, -0.2) is 18.2 Å². The molecular weight excluding hydrogens is 564 g/mol. The Labute approximate surface area is 252 Å². The minimum Gasteiger partial charge on any atom is -0.383 e. The number of methoxy groups -OCH3 is 1. The number of nitrogens with one attached hydrogen (secondary N) is 2. The van der Waals surface area contributed by atoms with Gasteiger partial charge in [0.25, 0.3) is 0 Å². The van der Waals surface area contributed by atoms with Crippen LogP contribution in [0.5, 0.6) is 0 Å². The number of fused-ring (bicyclic) bond motifs is 3. The van der Waals surface area contributed by atoms with Crippen LogP contribution in [0.15, 0.2) is 60.8 Å². The van der Waals surface area contributed by atoms with E-state index in [2.05, 4.69) is 50.5 Å². The summed E-state index contributed by atoms with van der Waals surface area (Å²) in [5, 5.41) is 4.09. The molecule has 2 aliphatic rings. The number of sulfone groups is 1. The van der Waals surface area contributed by atoms with Crippen LogP contribution in [0.4, 0.5) is 21.9 Å². The number of benzene rings is 2. The highest BCUT2D eigenvalue weighted by Crippen LogP contribution is 2.37. The standard InChI is InChI=1S/C32H38N6O4S/c1-36-30-19-34-31-27(28(30)21-38(32(36)39)25-10-8-24(9-11-25)33-14-17-42-2)18-29(35-31)23-6-4-22(5-7-23)20-37-15-12-26(13-16-37)43(3,40)41/h4-11,18-19,26,33H,12-17,20-21H2,1-3H3,(H,34,35). The van der Waals surface area contributed by atoms with E-state index in [0.717, 1.165) is 64.6 Å². The third-order valence-corrected chi connectivity index (χ3v) is 10.3. The fraction of sp³-hybridized carbons (Fsp3) is 0.375. The maximum Gasteiger partial charge on any atom is 0.329 e. The zero-order valence-corrected chi connectivity index (χ0v) is 25.7. The molecule has 1 saturated heterocycles. The van der Waals surface area contributed by atoms with Crippen LogP contribution >= 0.6 is 0 Å². The van der Waals surface area contributed by atoms with E-state index in [0.29, 0.717) is 32.5 Å². The van der Waals surface area contributed by atoms with Crippen LogP contribution < -0.4 is 15.1 Å². The Bertz CT molecular complexity index is 1710. The molecule has 0 aliphatic carbocycles. The number of aromatic amines is 1. The van der Waals surface area contributed by atoms with Gasteiger partial charge in [0, 0.05) is 61.5 Å². The number of aromatic nitrogens is 2. The molecule has 10 nitrogen and oxygen atoms in total. The molecule has 4 aromatic rings. The highest BCUT2D eigenvalue weighted by atomic mass is 32.2. The van der Waals surface area contributed by atoms with E-state index in [-0.39, 0.29) is 11.3 Å². The Kier molecular flexibility index (Phi) is 8.13. The van der Waals surface area contributed by atoms with Crippen LogP contribution in [-0.4, -0.2) is 81.2 Å². The number of pyridine rings is 1. The Balaban J connectivity index is 1.19. The third kappa shape index (κ3) is 6.11. The fourth-order valence-electron chi connectivity index (χ4n) is 6.04. The molecule has 1 fully saturated rings. The van der Waals surface area contributed by atoms with Crippen LogP contribution in [-0.2, 0) is 27.7 Å². The molecule has 226 valence electrons. The summed E-state index contributed by atoms with van der Waals surface area (Å²) in [5.41, 5.74) is 7.67. The Hall–Kier alpha value is -3.93. The molecule has 2 aromatic carbocycles. The highest BCUT2D eigenvalue weighted by molar-refractivity contribution is 7.91. The van der Waals surface area contributed by atoms with Crippen molar-refractivity contribution in [3.63, 3.8) is 0 Å².